The van der Waals surface area contributed by atoms with Gasteiger partial charge in [-0.05, 0) is 81.9 Å². The second-order valence-electron chi connectivity index (χ2n) is 14.6. The van der Waals surface area contributed by atoms with Crippen LogP contribution in [0.3, 0.4) is 0 Å². The van der Waals surface area contributed by atoms with Crippen LogP contribution in [0.15, 0.2) is 64.6 Å². The molecule has 2 aromatic heterocycles. The Morgan fingerprint density at radius 1 is 0.878 bits per heavy atom. The van der Waals surface area contributed by atoms with Gasteiger partial charge < -0.3 is 20.1 Å². The number of rotatable bonds is 5. The lowest BCUT2D eigenvalue weighted by molar-refractivity contribution is -0.135. The Morgan fingerprint density at radius 2 is 1.65 bits per heavy atom. The van der Waals surface area contributed by atoms with E-state index in [1.165, 1.54) is 11.4 Å². The first-order chi connectivity index (χ1) is 23.7. The summed E-state index contributed by atoms with van der Waals surface area (Å²) in [7, 11) is 0. The predicted molar refractivity (Wildman–Crippen MR) is 193 cm³/mol. The van der Waals surface area contributed by atoms with Crippen LogP contribution < -0.4 is 21.5 Å². The molecule has 5 heterocycles. The van der Waals surface area contributed by atoms with Crippen molar-refractivity contribution in [3.05, 3.63) is 70.2 Å². The molecular formula is C38H46N8O3. The highest BCUT2D eigenvalue weighted by Gasteiger charge is 2.34. The van der Waals surface area contributed by atoms with Crippen LogP contribution in [0.1, 0.15) is 58.9 Å². The Morgan fingerprint density at radius 3 is 2.37 bits per heavy atom. The molecule has 1 aliphatic carbocycles. The standard InChI is InChI=1S/C38H46N8O3/c1-23(2)45-33-22-27(8-11-31(33)46-32-6-4-5-29(39)35(32)37(49)41-38(45)46)42-15-13-26(14-16-42)43-17-19-44(20-18-43)30-10-7-25(21-24(30)3)28-9-12-34(47)40-36(28)48/h4-8,10-11,22-24,26,28H,9,12-21,39H2,1-3H3,(H,40,47,48). The summed E-state index contributed by atoms with van der Waals surface area (Å²) in [5.41, 5.74) is 13.0. The number of nitrogens with zero attached hydrogens (tertiary/aromatic N) is 6. The zero-order chi connectivity index (χ0) is 34.0. The Labute approximate surface area is 286 Å². The second-order valence-corrected chi connectivity index (χ2v) is 14.6. The summed E-state index contributed by atoms with van der Waals surface area (Å²) in [6, 6.07) is 12.9. The lowest BCUT2D eigenvalue weighted by Gasteiger charge is -2.45. The van der Waals surface area contributed by atoms with Gasteiger partial charge in [-0.25, -0.2) is 0 Å². The Bertz CT molecular complexity index is 2090. The van der Waals surface area contributed by atoms with Crippen molar-refractivity contribution in [2.75, 3.05) is 49.9 Å². The molecule has 256 valence electrons. The smallest absolute Gasteiger partial charge is 0.284 e. The van der Waals surface area contributed by atoms with E-state index in [0.29, 0.717) is 41.7 Å². The number of hydrogen-bond donors (Lipinski definition) is 2. The first-order valence-corrected chi connectivity index (χ1v) is 17.9. The number of imide groups is 1. The van der Waals surface area contributed by atoms with Crippen LogP contribution in [0, 0.1) is 11.8 Å². The lowest BCUT2D eigenvalue weighted by atomic mass is 9.81. The van der Waals surface area contributed by atoms with E-state index in [4.69, 9.17) is 5.73 Å². The Balaban J connectivity index is 0.942. The van der Waals surface area contributed by atoms with E-state index in [1.807, 2.05) is 12.1 Å². The number of imidazole rings is 1. The van der Waals surface area contributed by atoms with Crippen LogP contribution in [-0.4, -0.2) is 80.9 Å². The number of hydrogen-bond acceptors (Lipinski definition) is 8. The fourth-order valence-electron chi connectivity index (χ4n) is 8.83. The maximum Gasteiger partial charge on any atom is 0.284 e. The molecule has 2 amide bonds. The molecule has 0 saturated carbocycles. The van der Waals surface area contributed by atoms with Crippen molar-refractivity contribution in [1.82, 2.24) is 29.1 Å². The summed E-state index contributed by atoms with van der Waals surface area (Å²) in [5, 5.41) is 2.98. The van der Waals surface area contributed by atoms with Crippen molar-refractivity contribution in [3.63, 3.8) is 0 Å². The first-order valence-electron chi connectivity index (χ1n) is 17.9. The number of allylic oxidation sites excluding steroid dienone is 3. The second kappa shape index (κ2) is 12.4. The molecule has 0 spiro atoms. The van der Waals surface area contributed by atoms with Gasteiger partial charge in [0.2, 0.25) is 17.6 Å². The number of nitrogens with two attached hydrogens (primary N) is 1. The minimum atomic E-state index is -0.290. The van der Waals surface area contributed by atoms with Crippen molar-refractivity contribution >= 4 is 50.9 Å². The molecular weight excluding hydrogens is 616 g/mol. The van der Waals surface area contributed by atoms with Gasteiger partial charge in [-0.1, -0.05) is 24.6 Å². The van der Waals surface area contributed by atoms with Crippen molar-refractivity contribution in [3.8, 4) is 0 Å². The highest BCUT2D eigenvalue weighted by Crippen LogP contribution is 2.36. The maximum absolute atomic E-state index is 13.1. The first kappa shape index (κ1) is 31.6. The Hall–Kier alpha value is -4.64. The van der Waals surface area contributed by atoms with Gasteiger partial charge in [0.1, 0.15) is 0 Å². The number of anilines is 2. The molecule has 3 N–H and O–H groups in total. The average molecular weight is 663 g/mol. The van der Waals surface area contributed by atoms with E-state index in [2.05, 4.69) is 85.1 Å². The van der Waals surface area contributed by atoms with E-state index < -0.39 is 0 Å². The number of nitrogen functional groups attached to an aromatic ring is 1. The van der Waals surface area contributed by atoms with E-state index in [1.54, 1.807) is 6.07 Å². The third-order valence-corrected chi connectivity index (χ3v) is 11.3. The van der Waals surface area contributed by atoms with E-state index in [-0.39, 0.29) is 29.3 Å². The SMILES string of the molecule is CC1CC(C2CCC(=O)NC2=O)=CC=C1N1CCN(C2CCN(c3ccc4c(c3)n(C(C)C)c3nc(=O)c5c(N)cccc5n43)CC2)CC1. The third-order valence-electron chi connectivity index (χ3n) is 11.3. The molecule has 49 heavy (non-hydrogen) atoms. The van der Waals surface area contributed by atoms with Crippen LogP contribution in [0.4, 0.5) is 11.4 Å². The zero-order valence-corrected chi connectivity index (χ0v) is 28.7. The minimum Gasteiger partial charge on any atom is -0.398 e. The van der Waals surface area contributed by atoms with Gasteiger partial charge in [-0.15, -0.1) is 0 Å². The number of amides is 2. The molecule has 3 aliphatic heterocycles. The van der Waals surface area contributed by atoms with Gasteiger partial charge in [0.05, 0.1) is 27.9 Å². The fraction of sp³-hybridized carbons (Fsp3) is 0.474. The maximum atomic E-state index is 13.1. The van der Waals surface area contributed by atoms with E-state index in [0.717, 1.165) is 80.7 Å². The van der Waals surface area contributed by atoms with Crippen molar-refractivity contribution < 1.29 is 9.59 Å². The van der Waals surface area contributed by atoms with Crippen molar-refractivity contribution in [1.29, 1.82) is 0 Å². The Kier molecular flexibility index (Phi) is 7.97. The van der Waals surface area contributed by atoms with Gasteiger partial charge in [-0.3, -0.25) is 29.0 Å². The average Bonchev–Trinajstić information content (AvgIpc) is 3.42. The topological polar surface area (TPSA) is 121 Å². The number of piperidine rings is 2. The minimum absolute atomic E-state index is 0.119. The molecule has 2 atom stereocenters. The van der Waals surface area contributed by atoms with Gasteiger partial charge >= 0.3 is 0 Å². The van der Waals surface area contributed by atoms with Crippen LogP contribution in [-0.2, 0) is 9.59 Å². The molecule has 11 nitrogen and oxygen atoms in total. The van der Waals surface area contributed by atoms with Gasteiger partial charge in [0.25, 0.3) is 5.56 Å². The number of aromatic nitrogens is 3. The summed E-state index contributed by atoms with van der Waals surface area (Å²) < 4.78 is 4.25. The highest BCUT2D eigenvalue weighted by atomic mass is 16.2. The lowest BCUT2D eigenvalue weighted by Crippen LogP contribution is -2.53. The number of nitrogens with one attached hydrogen (secondary N) is 1. The van der Waals surface area contributed by atoms with Crippen LogP contribution in [0.2, 0.25) is 0 Å². The molecule has 0 radical (unpaired) electrons. The fourth-order valence-corrected chi connectivity index (χ4v) is 8.83. The highest BCUT2D eigenvalue weighted by molar-refractivity contribution is 6.00. The zero-order valence-electron chi connectivity index (χ0n) is 28.7. The quantitative estimate of drug-likeness (QED) is 0.238. The molecule has 4 aliphatic rings. The summed E-state index contributed by atoms with van der Waals surface area (Å²) in [6.45, 7) is 12.7. The molecule has 3 saturated heterocycles. The number of piperazine rings is 1. The van der Waals surface area contributed by atoms with Crippen LogP contribution >= 0.6 is 0 Å². The summed E-state index contributed by atoms with van der Waals surface area (Å²) in [5.74, 6) is 0.537. The summed E-state index contributed by atoms with van der Waals surface area (Å²) >= 11 is 0. The van der Waals surface area contributed by atoms with Crippen molar-refractivity contribution in [2.24, 2.45) is 11.8 Å². The molecule has 8 rings (SSSR count). The molecule has 11 heteroatoms. The van der Waals surface area contributed by atoms with Gasteiger partial charge in [0.15, 0.2) is 0 Å². The third kappa shape index (κ3) is 5.48. The van der Waals surface area contributed by atoms with Gasteiger partial charge in [-0.2, -0.15) is 4.98 Å². The summed E-state index contributed by atoms with van der Waals surface area (Å²) in [6.07, 6.45) is 8.54. The van der Waals surface area contributed by atoms with Crippen LogP contribution in [0.25, 0.3) is 27.7 Å². The van der Waals surface area contributed by atoms with E-state index in [9.17, 15) is 14.4 Å². The largest absolute Gasteiger partial charge is 0.398 e. The number of benzene rings is 2. The normalized spacial score (nSPS) is 23.1. The number of carbonyl (C=O) groups excluding carboxylic acids is 2. The van der Waals surface area contributed by atoms with Crippen LogP contribution in [0.5, 0.6) is 0 Å². The molecule has 2 unspecified atom stereocenters. The molecule has 3 fully saturated rings. The number of carbonyl (C=O) groups is 2. The van der Waals surface area contributed by atoms with Gasteiger partial charge in [0, 0.05) is 74.8 Å². The predicted octanol–water partition coefficient (Wildman–Crippen LogP) is 4.45. The molecule has 0 bridgehead atoms. The van der Waals surface area contributed by atoms with Crippen molar-refractivity contribution in [2.45, 2.75) is 65.0 Å². The van der Waals surface area contributed by atoms with E-state index >= 15 is 0 Å². The molecule has 4 aromatic rings. The monoisotopic (exact) mass is 662 g/mol. The number of fused-ring (bicyclic) bond motifs is 5. The molecule has 2 aromatic carbocycles. The summed E-state index contributed by atoms with van der Waals surface area (Å²) in [4.78, 5) is 49.4.